The topological polar surface area (TPSA) is 93.6 Å². The lowest BCUT2D eigenvalue weighted by molar-refractivity contribution is 0.233. The Morgan fingerprint density at radius 3 is 2.58 bits per heavy atom. The van der Waals surface area contributed by atoms with Crippen molar-refractivity contribution in [2.24, 2.45) is 0 Å². The summed E-state index contributed by atoms with van der Waals surface area (Å²) in [5.41, 5.74) is 10.5. The van der Waals surface area contributed by atoms with Gasteiger partial charge in [-0.2, -0.15) is 4.52 Å². The van der Waals surface area contributed by atoms with E-state index in [0.29, 0.717) is 23.5 Å². The molecule has 8 nitrogen and oxygen atoms in total. The molecule has 3 N–H and O–H groups in total. The van der Waals surface area contributed by atoms with Crippen molar-refractivity contribution in [1.82, 2.24) is 29.8 Å². The summed E-state index contributed by atoms with van der Waals surface area (Å²) in [6.45, 7) is 5.46. The number of nitrogens with zero attached hydrogens (tertiary/aromatic N) is 5. The van der Waals surface area contributed by atoms with Crippen molar-refractivity contribution < 1.29 is 4.74 Å². The van der Waals surface area contributed by atoms with Crippen molar-refractivity contribution in [3.8, 4) is 5.75 Å². The number of methoxy groups -OCH3 is 1. The molecule has 1 aliphatic heterocycles. The molecule has 3 heterocycles. The highest BCUT2D eigenvalue weighted by Crippen LogP contribution is 2.47. The average Bonchev–Trinajstić information content (AvgIpc) is 3.26. The Morgan fingerprint density at radius 1 is 1.03 bits per heavy atom. The van der Waals surface area contributed by atoms with Crippen LogP contribution in [-0.4, -0.2) is 57.8 Å². The molecule has 2 aromatic carbocycles. The number of hydrogen-bond acceptors (Lipinski definition) is 7. The Bertz CT molecular complexity index is 1290. The maximum absolute atomic E-state index is 6.21. The molecule has 2 fully saturated rings. The van der Waals surface area contributed by atoms with Gasteiger partial charge in [-0.3, -0.25) is 4.90 Å². The highest BCUT2D eigenvalue weighted by atomic mass is 16.5. The molecule has 0 atom stereocenters. The first-order chi connectivity index (χ1) is 16.2. The fourth-order valence-electron chi connectivity index (χ4n) is 5.10. The molecule has 0 radical (unpaired) electrons. The zero-order chi connectivity index (χ0) is 22.4. The average molecular weight is 444 g/mol. The van der Waals surface area contributed by atoms with Gasteiger partial charge in [-0.05, 0) is 42.0 Å². The van der Waals surface area contributed by atoms with Crippen molar-refractivity contribution in [1.29, 1.82) is 0 Å². The van der Waals surface area contributed by atoms with Crippen molar-refractivity contribution in [2.75, 3.05) is 39.0 Å². The van der Waals surface area contributed by atoms with Crippen LogP contribution in [0.3, 0.4) is 0 Å². The molecule has 2 aromatic heterocycles. The molecule has 0 bridgehead atoms. The molecule has 1 aliphatic carbocycles. The van der Waals surface area contributed by atoms with Crippen LogP contribution < -0.4 is 15.8 Å². The van der Waals surface area contributed by atoms with Gasteiger partial charge in [0.25, 0.3) is 0 Å². The summed E-state index contributed by atoms with van der Waals surface area (Å²) < 4.78 is 7.11. The van der Waals surface area contributed by atoms with Crippen molar-refractivity contribution in [3.63, 3.8) is 0 Å². The molecule has 1 saturated heterocycles. The van der Waals surface area contributed by atoms with Crippen LogP contribution in [0, 0.1) is 0 Å². The summed E-state index contributed by atoms with van der Waals surface area (Å²) in [7, 11) is 1.64. The molecule has 33 heavy (non-hydrogen) atoms. The Morgan fingerprint density at radius 2 is 1.82 bits per heavy atom. The normalized spacial score (nSPS) is 21.4. The number of piperazine rings is 1. The summed E-state index contributed by atoms with van der Waals surface area (Å²) in [4.78, 5) is 11.9. The standard InChI is InChI=1S/C25H29N7O/c1-33-21-4-2-3-20-22(21)28-25(26)32-24(20)29-23(30-32)19-13-18(14-19)17-7-5-16(6-8-17)15-31-11-9-27-10-12-31/h2-8,18-19,27H,9-15H2,1H3,(H2,26,28)/t18-,19-. The highest BCUT2D eigenvalue weighted by Gasteiger charge is 2.34. The first-order valence-electron chi connectivity index (χ1n) is 11.7. The minimum Gasteiger partial charge on any atom is -0.494 e. The predicted molar refractivity (Wildman–Crippen MR) is 129 cm³/mol. The molecule has 2 aliphatic rings. The first kappa shape index (κ1) is 20.4. The van der Waals surface area contributed by atoms with Gasteiger partial charge in [0.1, 0.15) is 11.3 Å². The number of anilines is 1. The minimum atomic E-state index is 0.330. The Labute approximate surface area is 192 Å². The maximum atomic E-state index is 6.21. The van der Waals surface area contributed by atoms with Gasteiger partial charge in [-0.15, -0.1) is 5.10 Å². The second-order valence-electron chi connectivity index (χ2n) is 9.16. The van der Waals surface area contributed by atoms with Gasteiger partial charge in [0.05, 0.1) is 7.11 Å². The monoisotopic (exact) mass is 443 g/mol. The fraction of sp³-hybridized carbons (Fsp3) is 0.400. The van der Waals surface area contributed by atoms with E-state index in [1.807, 2.05) is 18.2 Å². The summed E-state index contributed by atoms with van der Waals surface area (Å²) in [6, 6.07) is 15.0. The molecular weight excluding hydrogens is 414 g/mol. The van der Waals surface area contributed by atoms with Gasteiger partial charge >= 0.3 is 0 Å². The molecule has 6 rings (SSSR count). The molecule has 0 amide bonds. The fourth-order valence-corrected chi connectivity index (χ4v) is 5.10. The molecule has 4 aromatic rings. The third kappa shape index (κ3) is 3.69. The third-order valence-corrected chi connectivity index (χ3v) is 7.10. The van der Waals surface area contributed by atoms with Gasteiger partial charge in [0.2, 0.25) is 5.95 Å². The lowest BCUT2D eigenvalue weighted by Gasteiger charge is -2.34. The van der Waals surface area contributed by atoms with Crippen molar-refractivity contribution in [3.05, 3.63) is 59.4 Å². The maximum Gasteiger partial charge on any atom is 0.223 e. The van der Waals surface area contributed by atoms with E-state index in [1.165, 1.54) is 11.1 Å². The quantitative estimate of drug-likeness (QED) is 0.490. The number of hydrogen-bond donors (Lipinski definition) is 2. The number of nitrogens with two attached hydrogens (primary N) is 1. The second kappa shape index (κ2) is 8.28. The van der Waals surface area contributed by atoms with Crippen LogP contribution in [-0.2, 0) is 6.54 Å². The lowest BCUT2D eigenvalue weighted by atomic mass is 9.71. The summed E-state index contributed by atoms with van der Waals surface area (Å²) in [6.07, 6.45) is 2.12. The van der Waals surface area contributed by atoms with E-state index >= 15 is 0 Å². The van der Waals surface area contributed by atoms with E-state index in [2.05, 4.69) is 39.5 Å². The van der Waals surface area contributed by atoms with Gasteiger partial charge in [-0.25, -0.2) is 9.97 Å². The van der Waals surface area contributed by atoms with Crippen LogP contribution in [0.15, 0.2) is 42.5 Å². The number of aromatic nitrogens is 4. The smallest absolute Gasteiger partial charge is 0.223 e. The molecule has 0 spiro atoms. The minimum absolute atomic E-state index is 0.330. The number of nitrogen functional groups attached to an aromatic ring is 1. The van der Waals surface area contributed by atoms with Crippen molar-refractivity contribution >= 4 is 22.5 Å². The number of ether oxygens (including phenoxy) is 1. The van der Waals surface area contributed by atoms with E-state index < -0.39 is 0 Å². The molecule has 0 unspecified atom stereocenters. The number of benzene rings is 2. The molecule has 1 saturated carbocycles. The number of rotatable bonds is 5. The Kier molecular flexibility index (Phi) is 5.11. The van der Waals surface area contributed by atoms with Crippen LogP contribution in [0.5, 0.6) is 5.75 Å². The summed E-state index contributed by atoms with van der Waals surface area (Å²) in [5.74, 6) is 2.77. The largest absolute Gasteiger partial charge is 0.494 e. The van der Waals surface area contributed by atoms with E-state index in [0.717, 1.165) is 67.9 Å². The first-order valence-corrected chi connectivity index (χ1v) is 11.7. The lowest BCUT2D eigenvalue weighted by Crippen LogP contribution is -2.42. The Hall–Kier alpha value is -3.23. The SMILES string of the molecule is COc1cccc2c1nc(N)n1nc([C@H]3C[C@H](c4ccc(CN5CCNCC5)cc4)C3)nc21. The number of fused-ring (bicyclic) bond motifs is 3. The molecule has 8 heteroatoms. The zero-order valence-corrected chi connectivity index (χ0v) is 18.9. The number of para-hydroxylation sites is 1. The number of nitrogens with one attached hydrogen (secondary N) is 1. The zero-order valence-electron chi connectivity index (χ0n) is 18.9. The highest BCUT2D eigenvalue weighted by molar-refractivity contribution is 5.95. The molecular formula is C25H29N7O. The predicted octanol–water partition coefficient (Wildman–Crippen LogP) is 2.93. The van der Waals surface area contributed by atoms with Gasteiger partial charge < -0.3 is 15.8 Å². The van der Waals surface area contributed by atoms with Gasteiger partial charge in [0.15, 0.2) is 11.5 Å². The summed E-state index contributed by atoms with van der Waals surface area (Å²) in [5, 5.41) is 9.03. The summed E-state index contributed by atoms with van der Waals surface area (Å²) >= 11 is 0. The third-order valence-electron chi connectivity index (χ3n) is 7.10. The van der Waals surface area contributed by atoms with Crippen LogP contribution in [0.25, 0.3) is 16.6 Å². The van der Waals surface area contributed by atoms with Gasteiger partial charge in [-0.1, -0.05) is 30.3 Å². The van der Waals surface area contributed by atoms with Crippen LogP contribution in [0.2, 0.25) is 0 Å². The Balaban J connectivity index is 1.18. The van der Waals surface area contributed by atoms with Crippen LogP contribution in [0.4, 0.5) is 5.95 Å². The second-order valence-corrected chi connectivity index (χ2v) is 9.16. The van der Waals surface area contributed by atoms with Crippen LogP contribution >= 0.6 is 0 Å². The van der Waals surface area contributed by atoms with E-state index in [9.17, 15) is 0 Å². The van der Waals surface area contributed by atoms with E-state index in [-0.39, 0.29) is 0 Å². The van der Waals surface area contributed by atoms with E-state index in [4.69, 9.17) is 20.6 Å². The van der Waals surface area contributed by atoms with E-state index in [1.54, 1.807) is 11.6 Å². The van der Waals surface area contributed by atoms with Crippen LogP contribution in [0.1, 0.15) is 41.6 Å². The van der Waals surface area contributed by atoms with Crippen molar-refractivity contribution in [2.45, 2.75) is 31.2 Å². The van der Waals surface area contributed by atoms with Gasteiger partial charge in [0, 0.05) is 44.0 Å². The molecule has 170 valence electrons.